The van der Waals surface area contributed by atoms with Crippen LogP contribution in [0.5, 0.6) is 0 Å². The number of nitrogens with zero attached hydrogens (tertiary/aromatic N) is 4. The van der Waals surface area contributed by atoms with Gasteiger partial charge in [0, 0.05) is 50.2 Å². The topological polar surface area (TPSA) is 49.8 Å². The highest BCUT2D eigenvalue weighted by Crippen LogP contribution is 2.29. The molecule has 0 amide bonds. The molecular formula is C23H25N5. The summed E-state index contributed by atoms with van der Waals surface area (Å²) in [5.41, 5.74) is 11.2. The number of rotatable bonds is 3. The first-order valence-corrected chi connectivity index (χ1v) is 9.84. The highest BCUT2D eigenvalue weighted by Gasteiger charge is 2.20. The Morgan fingerprint density at radius 1 is 0.929 bits per heavy atom. The quantitative estimate of drug-likeness (QED) is 0.599. The summed E-state index contributed by atoms with van der Waals surface area (Å²) < 4.78 is 2.16. The smallest absolute Gasteiger partial charge is 0.137 e. The van der Waals surface area contributed by atoms with Crippen LogP contribution in [0.1, 0.15) is 5.69 Å². The van der Waals surface area contributed by atoms with Crippen molar-refractivity contribution in [1.82, 2.24) is 19.2 Å². The van der Waals surface area contributed by atoms with E-state index < -0.39 is 0 Å². The molecular weight excluding hydrogens is 346 g/mol. The fraction of sp³-hybridized carbons (Fsp3) is 0.261. The minimum absolute atomic E-state index is 0.759. The summed E-state index contributed by atoms with van der Waals surface area (Å²) in [5.74, 6) is 0. The molecule has 5 nitrogen and oxygen atoms in total. The van der Waals surface area contributed by atoms with Crippen molar-refractivity contribution in [3.63, 3.8) is 0 Å². The number of nitrogen functional groups attached to an aromatic ring is 1. The van der Waals surface area contributed by atoms with Crippen molar-refractivity contribution < 1.29 is 0 Å². The van der Waals surface area contributed by atoms with E-state index in [0.29, 0.717) is 0 Å². The molecule has 1 fully saturated rings. The van der Waals surface area contributed by atoms with Gasteiger partial charge in [0.05, 0.1) is 11.4 Å². The predicted octanol–water partition coefficient (Wildman–Crippen LogP) is 3.48. The number of likely N-dealkylation sites (N-methyl/N-ethyl adjacent to an activating group) is 1. The second kappa shape index (κ2) is 6.93. The predicted molar refractivity (Wildman–Crippen MR) is 115 cm³/mol. The molecule has 5 rings (SSSR count). The van der Waals surface area contributed by atoms with Crippen LogP contribution in [0, 0.1) is 0 Å². The van der Waals surface area contributed by atoms with Crippen LogP contribution in [0.25, 0.3) is 27.7 Å². The Balaban J connectivity index is 1.62. The number of anilines is 1. The van der Waals surface area contributed by atoms with Gasteiger partial charge in [0.25, 0.3) is 0 Å². The molecule has 28 heavy (non-hydrogen) atoms. The van der Waals surface area contributed by atoms with Crippen molar-refractivity contribution in [1.29, 1.82) is 0 Å². The second-order valence-corrected chi connectivity index (χ2v) is 7.74. The third kappa shape index (κ3) is 3.13. The zero-order chi connectivity index (χ0) is 19.1. The summed E-state index contributed by atoms with van der Waals surface area (Å²) in [6, 6.07) is 19.0. The van der Waals surface area contributed by atoms with Gasteiger partial charge in [-0.3, -0.25) is 4.90 Å². The SMILES string of the molecule is CN1CCN(Cc2c(-c3ccc4ccccc4c3)nc3ccc(N)cn23)CC1. The first kappa shape index (κ1) is 17.2. The number of fused-ring (bicyclic) bond motifs is 2. The highest BCUT2D eigenvalue weighted by atomic mass is 15.3. The summed E-state index contributed by atoms with van der Waals surface area (Å²) in [7, 11) is 2.19. The Morgan fingerprint density at radius 2 is 1.71 bits per heavy atom. The van der Waals surface area contributed by atoms with Crippen LogP contribution in [0.4, 0.5) is 5.69 Å². The van der Waals surface area contributed by atoms with Gasteiger partial charge in [-0.15, -0.1) is 0 Å². The molecule has 0 unspecified atom stereocenters. The van der Waals surface area contributed by atoms with E-state index in [1.807, 2.05) is 18.3 Å². The monoisotopic (exact) mass is 371 g/mol. The number of aromatic nitrogens is 2. The van der Waals surface area contributed by atoms with Gasteiger partial charge in [-0.25, -0.2) is 4.98 Å². The van der Waals surface area contributed by atoms with E-state index >= 15 is 0 Å². The van der Waals surface area contributed by atoms with Crippen molar-refractivity contribution in [3.8, 4) is 11.3 Å². The molecule has 0 saturated carbocycles. The normalized spacial score (nSPS) is 16.2. The van der Waals surface area contributed by atoms with E-state index in [4.69, 9.17) is 10.7 Å². The van der Waals surface area contributed by atoms with E-state index in [0.717, 1.165) is 55.3 Å². The molecule has 2 aromatic heterocycles. The van der Waals surface area contributed by atoms with E-state index in [1.54, 1.807) is 0 Å². The van der Waals surface area contributed by atoms with Crippen LogP contribution in [-0.4, -0.2) is 52.4 Å². The maximum absolute atomic E-state index is 6.10. The van der Waals surface area contributed by atoms with Crippen LogP contribution in [0.15, 0.2) is 60.8 Å². The van der Waals surface area contributed by atoms with Crippen molar-refractivity contribution in [2.24, 2.45) is 0 Å². The molecule has 2 N–H and O–H groups in total. The van der Waals surface area contributed by atoms with Crippen molar-refractivity contribution >= 4 is 22.1 Å². The molecule has 0 bridgehead atoms. The molecule has 0 atom stereocenters. The third-order valence-electron chi connectivity index (χ3n) is 5.73. The van der Waals surface area contributed by atoms with Crippen LogP contribution < -0.4 is 5.73 Å². The van der Waals surface area contributed by atoms with Crippen molar-refractivity contribution in [3.05, 3.63) is 66.5 Å². The van der Waals surface area contributed by atoms with E-state index in [2.05, 4.69) is 63.7 Å². The van der Waals surface area contributed by atoms with Gasteiger partial charge in [-0.1, -0.05) is 36.4 Å². The number of pyridine rings is 1. The van der Waals surface area contributed by atoms with Gasteiger partial charge in [-0.05, 0) is 36.0 Å². The summed E-state index contributed by atoms with van der Waals surface area (Å²) >= 11 is 0. The Kier molecular flexibility index (Phi) is 4.26. The summed E-state index contributed by atoms with van der Waals surface area (Å²) in [6.07, 6.45) is 2.00. The molecule has 0 spiro atoms. The zero-order valence-corrected chi connectivity index (χ0v) is 16.2. The first-order chi connectivity index (χ1) is 13.7. The average molecular weight is 371 g/mol. The third-order valence-corrected chi connectivity index (χ3v) is 5.73. The number of hydrogen-bond donors (Lipinski definition) is 1. The van der Waals surface area contributed by atoms with Crippen molar-refractivity contribution in [2.75, 3.05) is 39.0 Å². The Hall–Kier alpha value is -2.89. The average Bonchev–Trinajstić information content (AvgIpc) is 3.07. The first-order valence-electron chi connectivity index (χ1n) is 9.84. The Labute approximate surface area is 165 Å². The molecule has 0 aliphatic carbocycles. The standard InChI is InChI=1S/C23H25N5/c1-26-10-12-27(13-11-26)16-21-23(25-22-9-8-20(24)15-28(21)22)19-7-6-17-4-2-3-5-18(17)14-19/h2-9,14-15H,10-13,16,24H2,1H3. The van der Waals surface area contributed by atoms with E-state index in [9.17, 15) is 0 Å². The summed E-state index contributed by atoms with van der Waals surface area (Å²) in [5, 5.41) is 2.49. The van der Waals surface area contributed by atoms with Gasteiger partial charge in [0.1, 0.15) is 5.65 Å². The van der Waals surface area contributed by atoms with Crippen molar-refractivity contribution in [2.45, 2.75) is 6.54 Å². The maximum atomic E-state index is 6.10. The number of piperazine rings is 1. The van der Waals surface area contributed by atoms with Crippen LogP contribution in [0.3, 0.4) is 0 Å². The maximum Gasteiger partial charge on any atom is 0.137 e. The molecule has 142 valence electrons. The number of nitrogens with two attached hydrogens (primary N) is 1. The summed E-state index contributed by atoms with van der Waals surface area (Å²) in [6.45, 7) is 5.22. The molecule has 0 radical (unpaired) electrons. The molecule has 4 aromatic rings. The number of hydrogen-bond acceptors (Lipinski definition) is 4. The van der Waals surface area contributed by atoms with Crippen LogP contribution in [-0.2, 0) is 6.54 Å². The lowest BCUT2D eigenvalue weighted by Gasteiger charge is -2.32. The van der Waals surface area contributed by atoms with Gasteiger partial charge in [0.15, 0.2) is 0 Å². The van der Waals surface area contributed by atoms with Crippen LogP contribution >= 0.6 is 0 Å². The highest BCUT2D eigenvalue weighted by molar-refractivity contribution is 5.87. The molecule has 3 heterocycles. The number of benzene rings is 2. The van der Waals surface area contributed by atoms with Crippen LogP contribution in [0.2, 0.25) is 0 Å². The van der Waals surface area contributed by atoms with E-state index in [-0.39, 0.29) is 0 Å². The molecule has 5 heteroatoms. The molecule has 1 aliphatic rings. The molecule has 1 saturated heterocycles. The van der Waals surface area contributed by atoms with Gasteiger partial charge >= 0.3 is 0 Å². The van der Waals surface area contributed by atoms with Gasteiger partial charge < -0.3 is 15.0 Å². The van der Waals surface area contributed by atoms with Gasteiger partial charge in [-0.2, -0.15) is 0 Å². The lowest BCUT2D eigenvalue weighted by atomic mass is 10.0. The minimum atomic E-state index is 0.759. The molecule has 1 aliphatic heterocycles. The lowest BCUT2D eigenvalue weighted by Crippen LogP contribution is -2.44. The largest absolute Gasteiger partial charge is 0.398 e. The summed E-state index contributed by atoms with van der Waals surface area (Å²) in [4.78, 5) is 9.87. The Morgan fingerprint density at radius 3 is 2.54 bits per heavy atom. The lowest BCUT2D eigenvalue weighted by molar-refractivity contribution is 0.147. The van der Waals surface area contributed by atoms with E-state index in [1.165, 1.54) is 16.5 Å². The number of imidazole rings is 1. The molecule has 2 aromatic carbocycles. The Bertz CT molecular complexity index is 1140. The fourth-order valence-electron chi connectivity index (χ4n) is 4.05. The van der Waals surface area contributed by atoms with Gasteiger partial charge in [0.2, 0.25) is 0 Å². The second-order valence-electron chi connectivity index (χ2n) is 7.74. The zero-order valence-electron chi connectivity index (χ0n) is 16.2. The minimum Gasteiger partial charge on any atom is -0.398 e. The fourth-order valence-corrected chi connectivity index (χ4v) is 4.05.